The zero-order chi connectivity index (χ0) is 33.3. The first-order chi connectivity index (χ1) is 23.5. The lowest BCUT2D eigenvalue weighted by Gasteiger charge is -2.49. The third-order valence-corrected chi connectivity index (χ3v) is 9.27. The molecule has 1 N–H and O–H groups in total. The van der Waals surface area contributed by atoms with Gasteiger partial charge in [-0.25, -0.2) is 0 Å². The van der Waals surface area contributed by atoms with Gasteiger partial charge >= 0.3 is 0 Å². The number of hydrogen-bond donors (Lipinski definition) is 1. The molecule has 1 heterocycles. The molecule has 2 amide bonds. The van der Waals surface area contributed by atoms with E-state index < -0.39 is 22.6 Å². The van der Waals surface area contributed by atoms with Gasteiger partial charge in [0.25, 0.3) is 18.4 Å². The number of ether oxygens (including phenoxy) is 2. The van der Waals surface area contributed by atoms with Crippen LogP contribution < -0.4 is 14.8 Å². The molecule has 1 unspecified atom stereocenters. The Balaban J connectivity index is 1.69. The fraction of sp³-hybridized carbons (Fsp3) is 0.0732. The van der Waals surface area contributed by atoms with Crippen LogP contribution >= 0.6 is 0 Å². The van der Waals surface area contributed by atoms with Crippen molar-refractivity contribution in [2.45, 2.75) is 17.8 Å². The van der Waals surface area contributed by atoms with E-state index in [2.05, 4.69) is 5.32 Å². The summed E-state index contributed by atoms with van der Waals surface area (Å²) in [5.74, 6) is -0.267. The highest BCUT2D eigenvalue weighted by Gasteiger charge is 2.66. The first-order valence-corrected chi connectivity index (χ1v) is 15.3. The minimum Gasteiger partial charge on any atom is -0.387 e. The van der Waals surface area contributed by atoms with E-state index in [1.165, 1.54) is 0 Å². The van der Waals surface area contributed by atoms with Gasteiger partial charge in [-0.3, -0.25) is 14.9 Å². The number of allylic oxidation sites excluding steroid dienone is 3. The molecule has 2 aliphatic rings. The van der Waals surface area contributed by atoms with Gasteiger partial charge < -0.3 is 9.47 Å². The van der Waals surface area contributed by atoms with E-state index in [1.54, 1.807) is 42.9 Å². The highest BCUT2D eigenvalue weighted by atomic mass is 16.5. The first-order valence-electron chi connectivity index (χ1n) is 15.3. The van der Waals surface area contributed by atoms with Gasteiger partial charge in [-0.15, -0.1) is 10.5 Å². The van der Waals surface area contributed by atoms with Crippen molar-refractivity contribution in [3.05, 3.63) is 167 Å². The van der Waals surface area contributed by atoms with Crippen LogP contribution in [0.2, 0.25) is 0 Å². The third kappa shape index (κ3) is 4.34. The molecule has 7 rings (SSSR count). The summed E-state index contributed by atoms with van der Waals surface area (Å²) in [6.07, 6.45) is 9.11. The maximum absolute atomic E-state index is 14.9. The van der Waals surface area contributed by atoms with E-state index >= 15 is 0 Å². The number of fused-ring (bicyclic) bond motifs is 1. The van der Waals surface area contributed by atoms with E-state index in [1.807, 2.05) is 116 Å². The summed E-state index contributed by atoms with van der Waals surface area (Å²) in [5, 5.41) is 21.8. The molecule has 1 saturated heterocycles. The molecule has 230 valence electrons. The largest absolute Gasteiger partial charge is 0.387 e. The molecule has 0 radical (unpaired) electrons. The van der Waals surface area contributed by atoms with Gasteiger partial charge in [0.2, 0.25) is 5.91 Å². The zero-order valence-electron chi connectivity index (χ0n) is 25.8. The number of para-hydroxylation sites is 2. The number of benzene rings is 5. The fourth-order valence-electron chi connectivity index (χ4n) is 7.39. The monoisotopic (exact) mass is 625 g/mol. The Bertz CT molecular complexity index is 2150. The third-order valence-electron chi connectivity index (χ3n) is 9.27. The van der Waals surface area contributed by atoms with E-state index in [4.69, 9.17) is 9.47 Å². The van der Waals surface area contributed by atoms with Crippen molar-refractivity contribution in [1.29, 1.82) is 10.5 Å². The average Bonchev–Trinajstić information content (AvgIpc) is 3.39. The standard InChI is InChI=1S/C41H27N3O4/c1-27-20-22-28(23-21-27)41-35(38(45)44-39(41)46)17-10-24-40(41,33-15-6-2-11-29(33)31-13-4-8-18-36(31)47-25-42)34-16-7-3-12-30(34)32-14-5-9-19-37(32)48-26-43/h2-24H,1H3,(H,44,45,46). The van der Waals surface area contributed by atoms with E-state index in [9.17, 15) is 20.1 Å². The Morgan fingerprint density at radius 1 is 0.625 bits per heavy atom. The van der Waals surface area contributed by atoms with Crippen LogP contribution in [0.3, 0.4) is 0 Å². The van der Waals surface area contributed by atoms with Gasteiger partial charge in [0.05, 0.1) is 5.41 Å². The van der Waals surface area contributed by atoms with Crippen molar-refractivity contribution in [3.63, 3.8) is 0 Å². The van der Waals surface area contributed by atoms with Crippen LogP contribution in [0, 0.1) is 30.0 Å². The highest BCUT2D eigenvalue weighted by molar-refractivity contribution is 6.22. The van der Waals surface area contributed by atoms with Crippen molar-refractivity contribution in [3.8, 4) is 46.3 Å². The molecule has 0 bridgehead atoms. The number of hydrogen-bond acceptors (Lipinski definition) is 6. The number of rotatable bonds is 7. The summed E-state index contributed by atoms with van der Waals surface area (Å²) in [5.41, 5.74) is 2.99. The molecule has 1 fully saturated rings. The molecule has 0 aromatic heterocycles. The van der Waals surface area contributed by atoms with Crippen molar-refractivity contribution < 1.29 is 19.1 Å². The molecule has 0 saturated carbocycles. The second-order valence-electron chi connectivity index (χ2n) is 11.6. The van der Waals surface area contributed by atoms with Gasteiger partial charge in [0, 0.05) is 16.7 Å². The number of nitrogens with one attached hydrogen (secondary N) is 1. The van der Waals surface area contributed by atoms with Gasteiger partial charge in [-0.2, -0.15) is 0 Å². The molecule has 7 nitrogen and oxygen atoms in total. The number of carbonyl (C=O) groups is 2. The average molecular weight is 626 g/mol. The minimum absolute atomic E-state index is 0.298. The topological polar surface area (TPSA) is 112 Å². The first kappa shape index (κ1) is 30.0. The van der Waals surface area contributed by atoms with Crippen LogP contribution in [0.15, 0.2) is 145 Å². The molecule has 7 heteroatoms. The molecule has 5 aromatic carbocycles. The summed E-state index contributed by atoms with van der Waals surface area (Å²) in [6.45, 7) is 1.97. The van der Waals surface area contributed by atoms with E-state index in [0.717, 1.165) is 5.56 Å². The molecule has 1 aliphatic carbocycles. The van der Waals surface area contributed by atoms with Gasteiger partial charge in [0.1, 0.15) is 16.9 Å². The smallest absolute Gasteiger partial charge is 0.292 e. The summed E-state index contributed by atoms with van der Waals surface area (Å²) in [4.78, 5) is 28.7. The predicted octanol–water partition coefficient (Wildman–Crippen LogP) is 7.43. The number of carbonyl (C=O) groups excluding carboxylic acids is 2. The molecule has 1 atom stereocenters. The van der Waals surface area contributed by atoms with Crippen LogP contribution in [0.4, 0.5) is 0 Å². The Morgan fingerprint density at radius 2 is 1.10 bits per heavy atom. The maximum atomic E-state index is 14.9. The van der Waals surface area contributed by atoms with Crippen molar-refractivity contribution in [2.24, 2.45) is 0 Å². The summed E-state index contributed by atoms with van der Waals surface area (Å²) >= 11 is 0. The van der Waals surface area contributed by atoms with Crippen LogP contribution in [-0.2, 0) is 20.4 Å². The van der Waals surface area contributed by atoms with Crippen LogP contribution in [-0.4, -0.2) is 11.8 Å². The van der Waals surface area contributed by atoms with Crippen molar-refractivity contribution in [2.75, 3.05) is 0 Å². The molecular formula is C41H27N3O4. The van der Waals surface area contributed by atoms with Crippen molar-refractivity contribution >= 4 is 11.8 Å². The Morgan fingerprint density at radius 3 is 1.62 bits per heavy atom. The van der Waals surface area contributed by atoms with Gasteiger partial charge in [-0.1, -0.05) is 133 Å². The van der Waals surface area contributed by atoms with Gasteiger partial charge in [-0.05, 0) is 46.9 Å². The Kier molecular flexibility index (Phi) is 7.44. The quantitative estimate of drug-likeness (QED) is 0.149. The number of imide groups is 1. The van der Waals surface area contributed by atoms with Crippen LogP contribution in [0.25, 0.3) is 22.3 Å². The summed E-state index contributed by atoms with van der Waals surface area (Å²) < 4.78 is 10.9. The molecular weight excluding hydrogens is 598 g/mol. The van der Waals surface area contributed by atoms with E-state index in [0.29, 0.717) is 56.0 Å². The Hall–Kier alpha value is -6.70. The fourth-order valence-corrected chi connectivity index (χ4v) is 7.39. The lowest BCUT2D eigenvalue weighted by Crippen LogP contribution is -2.55. The SMILES string of the molecule is Cc1ccc(C23C(=O)NC(=O)C2=CC=CC3(c2ccccc2-c2ccccc2OC#N)c2ccccc2-c2ccccc2OC#N)cc1. The van der Waals surface area contributed by atoms with E-state index in [-0.39, 0.29) is 0 Å². The normalized spacial score (nSPS) is 17.4. The number of aryl methyl sites for hydroxylation is 1. The van der Waals surface area contributed by atoms with Gasteiger partial charge in [0.15, 0.2) is 0 Å². The molecule has 48 heavy (non-hydrogen) atoms. The highest BCUT2D eigenvalue weighted by Crippen LogP contribution is 2.61. The lowest BCUT2D eigenvalue weighted by atomic mass is 9.49. The number of nitrogens with zero attached hydrogens (tertiary/aromatic N) is 2. The molecule has 1 aliphatic heterocycles. The maximum Gasteiger partial charge on any atom is 0.292 e. The van der Waals surface area contributed by atoms with Crippen LogP contribution in [0.5, 0.6) is 11.5 Å². The summed E-state index contributed by atoms with van der Waals surface area (Å²) in [6, 6.07) is 37.4. The number of nitriles is 2. The van der Waals surface area contributed by atoms with Crippen molar-refractivity contribution in [1.82, 2.24) is 5.32 Å². The second-order valence-corrected chi connectivity index (χ2v) is 11.6. The summed E-state index contributed by atoms with van der Waals surface area (Å²) in [7, 11) is 0. The molecule has 5 aromatic rings. The number of amides is 2. The Labute approximate surface area is 277 Å². The lowest BCUT2D eigenvalue weighted by molar-refractivity contribution is -0.127. The van der Waals surface area contributed by atoms with Crippen LogP contribution in [0.1, 0.15) is 22.3 Å². The zero-order valence-corrected chi connectivity index (χ0v) is 25.8. The minimum atomic E-state index is -1.59. The molecule has 0 spiro atoms. The predicted molar refractivity (Wildman–Crippen MR) is 180 cm³/mol. The second kappa shape index (κ2) is 11.9.